The molecule has 2 saturated heterocycles. The van der Waals surface area contributed by atoms with Crippen LogP contribution in [0.2, 0.25) is 0 Å². The number of likely N-dealkylation sites (tertiary alicyclic amines) is 2. The summed E-state index contributed by atoms with van der Waals surface area (Å²) in [5.74, 6) is 0.593. The van der Waals surface area contributed by atoms with Gasteiger partial charge in [-0.1, -0.05) is 6.07 Å². The molecule has 4 rings (SSSR count). The Morgan fingerprint density at radius 1 is 1.32 bits per heavy atom. The summed E-state index contributed by atoms with van der Waals surface area (Å²) in [5.41, 5.74) is 2.64. The van der Waals surface area contributed by atoms with Gasteiger partial charge >= 0.3 is 0 Å². The van der Waals surface area contributed by atoms with Crippen LogP contribution in [0.4, 0.5) is 0 Å². The van der Waals surface area contributed by atoms with Crippen LogP contribution in [0.15, 0.2) is 47.4 Å². The van der Waals surface area contributed by atoms with E-state index in [4.69, 9.17) is 9.15 Å². The molecule has 5 nitrogen and oxygen atoms in total. The summed E-state index contributed by atoms with van der Waals surface area (Å²) in [6, 6.07) is 8.05. The molecule has 4 heterocycles. The lowest BCUT2D eigenvalue weighted by molar-refractivity contribution is 0.0501. The number of pyridine rings is 1. The predicted molar refractivity (Wildman–Crippen MR) is 95.9 cm³/mol. The second-order valence-corrected chi connectivity index (χ2v) is 7.68. The first-order valence-electron chi connectivity index (χ1n) is 9.13. The van der Waals surface area contributed by atoms with Crippen LogP contribution in [0.3, 0.4) is 0 Å². The molecule has 2 fully saturated rings. The first-order valence-corrected chi connectivity index (χ1v) is 9.13. The van der Waals surface area contributed by atoms with Gasteiger partial charge in [0.1, 0.15) is 0 Å². The van der Waals surface area contributed by atoms with E-state index in [0.29, 0.717) is 17.9 Å². The van der Waals surface area contributed by atoms with E-state index in [9.17, 15) is 0 Å². The van der Waals surface area contributed by atoms with Gasteiger partial charge in [-0.3, -0.25) is 9.88 Å². The number of nitrogens with zero attached hydrogens (tertiary/aromatic N) is 3. The maximum atomic E-state index is 6.06. The van der Waals surface area contributed by atoms with Crippen molar-refractivity contribution < 1.29 is 9.15 Å². The Labute approximate surface area is 149 Å². The highest BCUT2D eigenvalue weighted by atomic mass is 16.5. The first-order chi connectivity index (χ1) is 12.2. The summed E-state index contributed by atoms with van der Waals surface area (Å²) in [4.78, 5) is 9.38. The van der Waals surface area contributed by atoms with Crippen molar-refractivity contribution >= 4 is 0 Å². The van der Waals surface area contributed by atoms with Gasteiger partial charge in [-0.05, 0) is 38.2 Å². The topological polar surface area (TPSA) is 41.7 Å². The molecule has 2 atom stereocenters. The standard InChI is InChI=1S/C20H27N3O2/c1-22-11-18(13-25-14-19-4-2-3-7-21-19)20(15-22)6-8-23(16-20)10-17-5-9-24-12-17/h2-5,7,9,12,18H,6,8,10-11,13-16H2,1H3/t18-,20+/m1/s1. The molecule has 0 aromatic carbocycles. The molecule has 2 aromatic rings. The molecule has 25 heavy (non-hydrogen) atoms. The lowest BCUT2D eigenvalue weighted by Crippen LogP contribution is -2.36. The third kappa shape index (κ3) is 3.78. The minimum Gasteiger partial charge on any atom is -0.472 e. The Hall–Kier alpha value is -1.69. The molecular weight excluding hydrogens is 314 g/mol. The van der Waals surface area contributed by atoms with E-state index in [0.717, 1.165) is 38.5 Å². The molecule has 0 N–H and O–H groups in total. The molecule has 5 heteroatoms. The minimum absolute atomic E-state index is 0.364. The van der Waals surface area contributed by atoms with Crippen LogP contribution >= 0.6 is 0 Å². The predicted octanol–water partition coefficient (Wildman–Crippen LogP) is 2.65. The van der Waals surface area contributed by atoms with Crippen LogP contribution in [-0.4, -0.2) is 54.6 Å². The van der Waals surface area contributed by atoms with E-state index in [1.807, 2.05) is 30.7 Å². The van der Waals surface area contributed by atoms with Crippen molar-refractivity contribution in [2.75, 3.05) is 39.8 Å². The molecule has 1 spiro atoms. The van der Waals surface area contributed by atoms with Crippen molar-refractivity contribution in [2.45, 2.75) is 19.6 Å². The maximum absolute atomic E-state index is 6.06. The van der Waals surface area contributed by atoms with Crippen molar-refractivity contribution in [3.8, 4) is 0 Å². The van der Waals surface area contributed by atoms with Crippen LogP contribution in [0.5, 0.6) is 0 Å². The average molecular weight is 341 g/mol. The second kappa shape index (κ2) is 7.28. The van der Waals surface area contributed by atoms with Gasteiger partial charge in [0.15, 0.2) is 0 Å². The van der Waals surface area contributed by atoms with Crippen molar-refractivity contribution in [3.05, 3.63) is 54.2 Å². The Balaban J connectivity index is 1.34. The molecule has 0 aliphatic carbocycles. The van der Waals surface area contributed by atoms with Gasteiger partial charge in [0.05, 0.1) is 31.4 Å². The summed E-state index contributed by atoms with van der Waals surface area (Å²) < 4.78 is 11.3. The van der Waals surface area contributed by atoms with Crippen molar-refractivity contribution in [1.82, 2.24) is 14.8 Å². The van der Waals surface area contributed by atoms with E-state index in [1.165, 1.54) is 18.5 Å². The van der Waals surface area contributed by atoms with Gasteiger partial charge in [0.2, 0.25) is 0 Å². The molecular formula is C20H27N3O2. The highest BCUT2D eigenvalue weighted by Gasteiger charge is 2.49. The third-order valence-electron chi connectivity index (χ3n) is 5.73. The zero-order valence-electron chi connectivity index (χ0n) is 14.9. The Kier molecular flexibility index (Phi) is 4.88. The van der Waals surface area contributed by atoms with E-state index in [-0.39, 0.29) is 0 Å². The maximum Gasteiger partial charge on any atom is 0.0947 e. The zero-order chi connectivity index (χ0) is 17.1. The van der Waals surface area contributed by atoms with Gasteiger partial charge < -0.3 is 14.1 Å². The summed E-state index contributed by atoms with van der Waals surface area (Å²) >= 11 is 0. The minimum atomic E-state index is 0.364. The number of aromatic nitrogens is 1. The number of ether oxygens (including phenoxy) is 1. The van der Waals surface area contributed by atoms with E-state index in [2.05, 4.69) is 27.9 Å². The van der Waals surface area contributed by atoms with Crippen LogP contribution in [0.25, 0.3) is 0 Å². The zero-order valence-corrected chi connectivity index (χ0v) is 14.9. The van der Waals surface area contributed by atoms with Crippen LogP contribution < -0.4 is 0 Å². The summed E-state index contributed by atoms with van der Waals surface area (Å²) in [6.07, 6.45) is 6.71. The Bertz CT molecular complexity index is 661. The van der Waals surface area contributed by atoms with Crippen LogP contribution in [0.1, 0.15) is 17.7 Å². The SMILES string of the molecule is CN1C[C@H](COCc2ccccn2)[C@@]2(CCN(Cc3ccoc3)C2)C1. The Morgan fingerprint density at radius 2 is 2.28 bits per heavy atom. The average Bonchev–Trinajstić information content (AvgIpc) is 3.32. The molecule has 2 aliphatic rings. The van der Waals surface area contributed by atoms with E-state index >= 15 is 0 Å². The molecule has 0 radical (unpaired) electrons. The Morgan fingerprint density at radius 3 is 3.08 bits per heavy atom. The fourth-order valence-corrected chi connectivity index (χ4v) is 4.54. The van der Waals surface area contributed by atoms with Crippen LogP contribution in [0, 0.1) is 11.3 Å². The monoisotopic (exact) mass is 341 g/mol. The van der Waals surface area contributed by atoms with E-state index < -0.39 is 0 Å². The highest BCUT2D eigenvalue weighted by molar-refractivity contribution is 5.08. The largest absolute Gasteiger partial charge is 0.472 e. The van der Waals surface area contributed by atoms with Gasteiger partial charge in [-0.2, -0.15) is 0 Å². The van der Waals surface area contributed by atoms with Gasteiger partial charge in [0, 0.05) is 49.3 Å². The molecule has 2 aromatic heterocycles. The smallest absolute Gasteiger partial charge is 0.0947 e. The van der Waals surface area contributed by atoms with Gasteiger partial charge in [-0.25, -0.2) is 0 Å². The summed E-state index contributed by atoms with van der Waals surface area (Å²) in [5, 5.41) is 0. The van der Waals surface area contributed by atoms with Crippen molar-refractivity contribution in [3.63, 3.8) is 0 Å². The summed E-state index contributed by atoms with van der Waals surface area (Å²) in [6.45, 7) is 7.03. The lowest BCUT2D eigenvalue weighted by atomic mass is 9.77. The number of hydrogen-bond donors (Lipinski definition) is 0. The fourth-order valence-electron chi connectivity index (χ4n) is 4.54. The summed E-state index contributed by atoms with van der Waals surface area (Å²) in [7, 11) is 2.24. The quantitative estimate of drug-likeness (QED) is 0.808. The molecule has 134 valence electrons. The number of hydrogen-bond acceptors (Lipinski definition) is 5. The third-order valence-corrected chi connectivity index (χ3v) is 5.73. The normalized spacial score (nSPS) is 27.5. The number of rotatable bonds is 6. The van der Waals surface area contributed by atoms with E-state index in [1.54, 1.807) is 6.26 Å². The van der Waals surface area contributed by atoms with Crippen molar-refractivity contribution in [2.24, 2.45) is 11.3 Å². The molecule has 0 amide bonds. The first kappa shape index (κ1) is 16.8. The molecule has 0 bridgehead atoms. The second-order valence-electron chi connectivity index (χ2n) is 7.68. The van der Waals surface area contributed by atoms with Gasteiger partial charge in [-0.15, -0.1) is 0 Å². The molecule has 0 saturated carbocycles. The molecule has 2 aliphatic heterocycles. The lowest BCUT2D eigenvalue weighted by Gasteiger charge is -2.30. The van der Waals surface area contributed by atoms with Crippen LogP contribution in [-0.2, 0) is 17.9 Å². The van der Waals surface area contributed by atoms with Gasteiger partial charge in [0.25, 0.3) is 0 Å². The molecule has 0 unspecified atom stereocenters. The van der Waals surface area contributed by atoms with Crippen molar-refractivity contribution in [1.29, 1.82) is 0 Å². The fraction of sp³-hybridized carbons (Fsp3) is 0.550. The number of furan rings is 1. The highest BCUT2D eigenvalue weighted by Crippen LogP contribution is 2.43.